The van der Waals surface area contributed by atoms with Crippen molar-refractivity contribution in [3.8, 4) is 0 Å². The van der Waals surface area contributed by atoms with E-state index in [2.05, 4.69) is 35.5 Å². The van der Waals surface area contributed by atoms with E-state index in [1.165, 1.54) is 7.11 Å². The number of nitrogens with zero attached hydrogens (tertiary/aromatic N) is 3. The van der Waals surface area contributed by atoms with Crippen molar-refractivity contribution in [3.63, 3.8) is 0 Å². The summed E-state index contributed by atoms with van der Waals surface area (Å²) in [5.74, 6) is -0.774. The Bertz CT molecular complexity index is 361. The highest BCUT2D eigenvalue weighted by molar-refractivity contribution is 6.74. The number of ether oxygens (including phenoxy) is 1. The molecule has 110 valence electrons. The van der Waals surface area contributed by atoms with E-state index >= 15 is 0 Å². The van der Waals surface area contributed by atoms with E-state index < -0.39 is 26.4 Å². The van der Waals surface area contributed by atoms with E-state index in [4.69, 9.17) is 9.96 Å². The lowest BCUT2D eigenvalue weighted by Crippen LogP contribution is -2.45. The van der Waals surface area contributed by atoms with Crippen molar-refractivity contribution in [2.24, 2.45) is 5.11 Å². The molecular weight excluding hydrogens is 266 g/mol. The van der Waals surface area contributed by atoms with Crippen molar-refractivity contribution in [2.45, 2.75) is 51.0 Å². The average molecular weight is 289 g/mol. The Kier molecular flexibility index (Phi) is 6.51. The molecule has 0 saturated heterocycles. The number of aliphatic hydroxyl groups excluding tert-OH is 1. The number of hydrogen-bond donors (Lipinski definition) is 1. The summed E-state index contributed by atoms with van der Waals surface area (Å²) in [4.78, 5) is 13.9. The van der Waals surface area contributed by atoms with Gasteiger partial charge in [0.05, 0.1) is 19.8 Å². The third-order valence-electron chi connectivity index (χ3n) is 3.40. The summed E-state index contributed by atoms with van der Waals surface area (Å²) in [6.07, 6.45) is -1.21. The average Bonchev–Trinajstić information content (AvgIpc) is 2.30. The van der Waals surface area contributed by atoms with Gasteiger partial charge >= 0.3 is 5.97 Å². The summed E-state index contributed by atoms with van der Waals surface area (Å²) in [5.41, 5.74) is 8.39. The van der Waals surface area contributed by atoms with Crippen LogP contribution in [0.1, 0.15) is 20.8 Å². The van der Waals surface area contributed by atoms with E-state index in [0.29, 0.717) is 0 Å². The van der Waals surface area contributed by atoms with Gasteiger partial charge in [-0.1, -0.05) is 25.9 Å². The molecule has 7 nitrogen and oxygen atoms in total. The first-order valence-electron chi connectivity index (χ1n) is 6.01. The molecule has 19 heavy (non-hydrogen) atoms. The fourth-order valence-corrected chi connectivity index (χ4v) is 2.08. The van der Waals surface area contributed by atoms with Crippen molar-refractivity contribution in [3.05, 3.63) is 10.4 Å². The molecule has 0 heterocycles. The van der Waals surface area contributed by atoms with E-state index in [9.17, 15) is 9.90 Å². The quantitative estimate of drug-likeness (QED) is 0.266. The van der Waals surface area contributed by atoms with Crippen LogP contribution < -0.4 is 0 Å². The molecule has 0 aromatic carbocycles. The Hall–Kier alpha value is -1.08. The van der Waals surface area contributed by atoms with E-state index in [0.717, 1.165) is 0 Å². The molecule has 0 aromatic heterocycles. The number of carbonyl (C=O) groups excluding carboxylic acids is 1. The molecule has 0 unspecified atom stereocenters. The van der Waals surface area contributed by atoms with Gasteiger partial charge in [0, 0.05) is 4.91 Å². The largest absolute Gasteiger partial charge is 0.469 e. The molecule has 0 bridgehead atoms. The van der Waals surface area contributed by atoms with Crippen molar-refractivity contribution >= 4 is 14.3 Å². The van der Waals surface area contributed by atoms with Crippen LogP contribution in [-0.4, -0.2) is 45.3 Å². The summed E-state index contributed by atoms with van der Waals surface area (Å²) in [6.45, 7) is 10.2. The molecule has 0 amide bonds. The SMILES string of the molecule is COC(=O)[C@@H](N=[N+]=[N-])[C@H](O)CO[Si](C)(C)C(C)(C)C. The molecule has 0 aliphatic rings. The Balaban J connectivity index is 4.72. The predicted molar refractivity (Wildman–Crippen MR) is 74.1 cm³/mol. The van der Waals surface area contributed by atoms with Crippen LogP contribution in [0.5, 0.6) is 0 Å². The molecule has 0 spiro atoms. The highest BCUT2D eigenvalue weighted by atomic mass is 28.4. The van der Waals surface area contributed by atoms with Crippen LogP contribution in [-0.2, 0) is 14.0 Å². The first-order chi connectivity index (χ1) is 8.56. The second kappa shape index (κ2) is 6.90. The van der Waals surface area contributed by atoms with Crippen LogP contribution in [0, 0.1) is 0 Å². The van der Waals surface area contributed by atoms with Gasteiger partial charge in [-0.3, -0.25) is 4.79 Å². The van der Waals surface area contributed by atoms with Gasteiger partial charge in [0.1, 0.15) is 0 Å². The van der Waals surface area contributed by atoms with Gasteiger partial charge in [0.2, 0.25) is 0 Å². The van der Waals surface area contributed by atoms with E-state index in [1.807, 2.05) is 13.1 Å². The maximum absolute atomic E-state index is 11.4. The fraction of sp³-hybridized carbons (Fsp3) is 0.909. The standard InChI is InChI=1S/C11H23N3O4Si/c1-11(2,3)19(5,6)18-7-8(15)9(13-14-12)10(16)17-4/h8-9,15H,7H2,1-6H3/t8-,9+/m1/s1. The minimum Gasteiger partial charge on any atom is -0.469 e. The summed E-state index contributed by atoms with van der Waals surface area (Å²) < 4.78 is 10.3. The highest BCUT2D eigenvalue weighted by Gasteiger charge is 2.38. The topological polar surface area (TPSA) is 105 Å². The monoisotopic (exact) mass is 289 g/mol. The summed E-state index contributed by atoms with van der Waals surface area (Å²) >= 11 is 0. The number of hydrogen-bond acceptors (Lipinski definition) is 5. The summed E-state index contributed by atoms with van der Waals surface area (Å²) in [7, 11) is -0.858. The lowest BCUT2D eigenvalue weighted by Gasteiger charge is -2.37. The van der Waals surface area contributed by atoms with Crippen molar-refractivity contribution < 1.29 is 19.1 Å². The minimum absolute atomic E-state index is 0.00796. The van der Waals surface area contributed by atoms with Gasteiger partial charge in [0.15, 0.2) is 14.4 Å². The Morgan fingerprint density at radius 1 is 1.47 bits per heavy atom. The zero-order valence-electron chi connectivity index (χ0n) is 12.4. The number of azide groups is 1. The van der Waals surface area contributed by atoms with Crippen LogP contribution in [0.15, 0.2) is 5.11 Å². The van der Waals surface area contributed by atoms with Crippen LogP contribution in [0.4, 0.5) is 0 Å². The molecule has 0 saturated carbocycles. The third-order valence-corrected chi connectivity index (χ3v) is 7.91. The molecule has 0 aliphatic heterocycles. The smallest absolute Gasteiger partial charge is 0.317 e. The maximum Gasteiger partial charge on any atom is 0.317 e. The Morgan fingerprint density at radius 2 is 2.00 bits per heavy atom. The third kappa shape index (κ3) is 5.20. The van der Waals surface area contributed by atoms with Gasteiger partial charge in [-0.25, -0.2) is 0 Å². The van der Waals surface area contributed by atoms with Crippen molar-refractivity contribution in [1.82, 2.24) is 0 Å². The number of methoxy groups -OCH3 is 1. The summed E-state index contributed by atoms with van der Waals surface area (Å²) in [5, 5.41) is 13.1. The zero-order chi connectivity index (χ0) is 15.3. The van der Waals surface area contributed by atoms with Crippen LogP contribution >= 0.6 is 0 Å². The second-order valence-electron chi connectivity index (χ2n) is 5.81. The lowest BCUT2D eigenvalue weighted by atomic mass is 10.2. The number of carbonyl (C=O) groups is 1. The first-order valence-corrected chi connectivity index (χ1v) is 8.91. The molecule has 0 rings (SSSR count). The molecule has 1 N–H and O–H groups in total. The molecule has 0 radical (unpaired) electrons. The second-order valence-corrected chi connectivity index (χ2v) is 10.6. The molecule has 2 atom stereocenters. The molecular formula is C11H23N3O4Si. The molecule has 0 aromatic rings. The van der Waals surface area contributed by atoms with E-state index in [1.54, 1.807) is 0 Å². The van der Waals surface area contributed by atoms with Crippen molar-refractivity contribution in [2.75, 3.05) is 13.7 Å². The first kappa shape index (κ1) is 17.9. The fourth-order valence-electron chi connectivity index (χ4n) is 1.06. The van der Waals surface area contributed by atoms with Gasteiger partial charge in [-0.05, 0) is 23.7 Å². The minimum atomic E-state index is -2.03. The zero-order valence-corrected chi connectivity index (χ0v) is 13.4. The van der Waals surface area contributed by atoms with E-state index in [-0.39, 0.29) is 11.6 Å². The molecule has 0 aliphatic carbocycles. The van der Waals surface area contributed by atoms with Crippen LogP contribution in [0.2, 0.25) is 18.1 Å². The number of aliphatic hydroxyl groups is 1. The Morgan fingerprint density at radius 3 is 2.37 bits per heavy atom. The number of esters is 1. The van der Waals surface area contributed by atoms with Crippen LogP contribution in [0.3, 0.4) is 0 Å². The highest BCUT2D eigenvalue weighted by Crippen LogP contribution is 2.36. The maximum atomic E-state index is 11.4. The van der Waals surface area contributed by atoms with Gasteiger partial charge in [-0.15, -0.1) is 0 Å². The molecule has 0 fully saturated rings. The molecule has 8 heteroatoms. The Labute approximate surface area is 114 Å². The lowest BCUT2D eigenvalue weighted by molar-refractivity contribution is -0.145. The van der Waals surface area contributed by atoms with Gasteiger partial charge < -0.3 is 14.3 Å². The van der Waals surface area contributed by atoms with Crippen molar-refractivity contribution in [1.29, 1.82) is 0 Å². The number of rotatable bonds is 6. The van der Waals surface area contributed by atoms with Gasteiger partial charge in [-0.2, -0.15) is 0 Å². The summed E-state index contributed by atoms with van der Waals surface area (Å²) in [6, 6.07) is -1.28. The normalized spacial score (nSPS) is 15.3. The van der Waals surface area contributed by atoms with Crippen LogP contribution in [0.25, 0.3) is 10.4 Å². The predicted octanol–water partition coefficient (Wildman–Crippen LogP) is 2.22. The van der Waals surface area contributed by atoms with Gasteiger partial charge in [0.25, 0.3) is 0 Å².